The highest BCUT2D eigenvalue weighted by Gasteiger charge is 2.40. The summed E-state index contributed by atoms with van der Waals surface area (Å²) in [4.78, 5) is 14.7. The van der Waals surface area contributed by atoms with Crippen LogP contribution in [0.2, 0.25) is 0 Å². The molecule has 3 aliphatic rings. The third kappa shape index (κ3) is 2.47. The van der Waals surface area contributed by atoms with E-state index in [4.69, 9.17) is 4.74 Å². The second-order valence-corrected chi connectivity index (χ2v) is 5.51. The molecule has 0 aromatic rings. The number of ether oxygens (including phenoxy) is 1. The monoisotopic (exact) mass is 238 g/mol. The van der Waals surface area contributed by atoms with Gasteiger partial charge in [0.2, 0.25) is 5.91 Å². The summed E-state index contributed by atoms with van der Waals surface area (Å²) >= 11 is 0. The van der Waals surface area contributed by atoms with Gasteiger partial charge in [0.1, 0.15) is 0 Å². The van der Waals surface area contributed by atoms with Gasteiger partial charge in [-0.2, -0.15) is 0 Å². The molecule has 1 aliphatic carbocycles. The van der Waals surface area contributed by atoms with Crippen LogP contribution in [0.15, 0.2) is 0 Å². The smallest absolute Gasteiger partial charge is 0.226 e. The Balaban J connectivity index is 1.71. The minimum Gasteiger partial charge on any atom is -0.381 e. The maximum atomic E-state index is 12.4. The number of rotatable bonds is 3. The van der Waals surface area contributed by atoms with E-state index < -0.39 is 0 Å². The Bertz CT molecular complexity index is 279. The van der Waals surface area contributed by atoms with Crippen molar-refractivity contribution in [3.05, 3.63) is 0 Å². The van der Waals surface area contributed by atoms with Crippen LogP contribution in [-0.4, -0.2) is 49.2 Å². The quantitative estimate of drug-likeness (QED) is 0.789. The fourth-order valence-corrected chi connectivity index (χ4v) is 3.04. The lowest BCUT2D eigenvalue weighted by molar-refractivity contribution is -0.139. The van der Waals surface area contributed by atoms with Crippen LogP contribution in [0.3, 0.4) is 0 Å². The highest BCUT2D eigenvalue weighted by atomic mass is 16.5. The summed E-state index contributed by atoms with van der Waals surface area (Å²) in [5, 5.41) is 3.38. The van der Waals surface area contributed by atoms with Gasteiger partial charge in [-0.3, -0.25) is 4.79 Å². The molecule has 1 N–H and O–H groups in total. The molecule has 3 rings (SSSR count). The summed E-state index contributed by atoms with van der Waals surface area (Å²) in [6, 6.07) is 0.868. The lowest BCUT2D eigenvalue weighted by atomic mass is 10.0. The van der Waals surface area contributed by atoms with Crippen molar-refractivity contribution in [3.8, 4) is 0 Å². The van der Waals surface area contributed by atoms with Crippen molar-refractivity contribution in [1.82, 2.24) is 10.2 Å². The molecule has 96 valence electrons. The van der Waals surface area contributed by atoms with Crippen LogP contribution in [0.25, 0.3) is 0 Å². The molecule has 0 spiro atoms. The maximum absolute atomic E-state index is 12.4. The molecule has 3 fully saturated rings. The maximum Gasteiger partial charge on any atom is 0.226 e. The van der Waals surface area contributed by atoms with E-state index in [2.05, 4.69) is 10.2 Å². The molecule has 4 heteroatoms. The van der Waals surface area contributed by atoms with E-state index in [0.29, 0.717) is 23.9 Å². The van der Waals surface area contributed by atoms with Crippen molar-refractivity contribution < 1.29 is 9.53 Å². The fraction of sp³-hybridized carbons (Fsp3) is 0.923. The van der Waals surface area contributed by atoms with E-state index >= 15 is 0 Å². The zero-order chi connectivity index (χ0) is 11.7. The van der Waals surface area contributed by atoms with Gasteiger partial charge in [-0.1, -0.05) is 0 Å². The predicted octanol–water partition coefficient (Wildman–Crippen LogP) is 0.766. The third-order valence-electron chi connectivity index (χ3n) is 4.19. The Labute approximate surface area is 103 Å². The van der Waals surface area contributed by atoms with E-state index in [1.54, 1.807) is 0 Å². The van der Waals surface area contributed by atoms with Crippen molar-refractivity contribution >= 4 is 5.91 Å². The fourth-order valence-electron chi connectivity index (χ4n) is 3.04. The van der Waals surface area contributed by atoms with Crippen molar-refractivity contribution in [3.63, 3.8) is 0 Å². The molecule has 2 heterocycles. The van der Waals surface area contributed by atoms with Crippen molar-refractivity contribution in [2.24, 2.45) is 5.92 Å². The Kier molecular flexibility index (Phi) is 3.34. The van der Waals surface area contributed by atoms with Crippen molar-refractivity contribution in [1.29, 1.82) is 0 Å². The molecule has 0 aromatic heterocycles. The highest BCUT2D eigenvalue weighted by molar-refractivity contribution is 5.81. The van der Waals surface area contributed by atoms with Crippen LogP contribution >= 0.6 is 0 Å². The number of hydrogen-bond donors (Lipinski definition) is 1. The van der Waals surface area contributed by atoms with Crippen LogP contribution in [0.5, 0.6) is 0 Å². The average molecular weight is 238 g/mol. The Morgan fingerprint density at radius 3 is 2.41 bits per heavy atom. The summed E-state index contributed by atoms with van der Waals surface area (Å²) in [7, 11) is 0. The Morgan fingerprint density at radius 2 is 1.82 bits per heavy atom. The van der Waals surface area contributed by atoms with Gasteiger partial charge < -0.3 is 15.0 Å². The van der Waals surface area contributed by atoms with Gasteiger partial charge in [0.25, 0.3) is 0 Å². The zero-order valence-corrected chi connectivity index (χ0v) is 10.4. The Hall–Kier alpha value is -0.610. The van der Waals surface area contributed by atoms with Crippen LogP contribution < -0.4 is 5.32 Å². The van der Waals surface area contributed by atoms with Crippen LogP contribution in [0, 0.1) is 5.92 Å². The summed E-state index contributed by atoms with van der Waals surface area (Å²) in [6.45, 7) is 3.68. The number of hydrogen-bond acceptors (Lipinski definition) is 3. The summed E-state index contributed by atoms with van der Waals surface area (Å²) in [5.74, 6) is 0.768. The van der Waals surface area contributed by atoms with Crippen molar-refractivity contribution in [2.45, 2.75) is 44.2 Å². The standard InChI is InChI=1S/C13H22N2O2/c16-13(10-1-2-10)15(12-3-6-14-9-12)11-4-7-17-8-5-11/h10-12,14H,1-9H2. The lowest BCUT2D eigenvalue weighted by Crippen LogP contribution is -2.50. The van der Waals surface area contributed by atoms with E-state index in [1.165, 1.54) is 0 Å². The molecule has 1 unspecified atom stereocenters. The number of nitrogens with zero attached hydrogens (tertiary/aromatic N) is 1. The SMILES string of the molecule is O=C(C1CC1)N(C1CCOCC1)C1CCNC1. The molecule has 2 aliphatic heterocycles. The Morgan fingerprint density at radius 1 is 1.06 bits per heavy atom. The first kappa shape index (κ1) is 11.5. The average Bonchev–Trinajstić information content (AvgIpc) is 3.09. The number of nitrogens with one attached hydrogen (secondary N) is 1. The van der Waals surface area contributed by atoms with Crippen LogP contribution in [-0.2, 0) is 9.53 Å². The topological polar surface area (TPSA) is 41.6 Å². The minimum atomic E-state index is 0.346. The van der Waals surface area contributed by atoms with E-state index in [9.17, 15) is 4.79 Å². The molecule has 1 amide bonds. The van der Waals surface area contributed by atoms with Gasteiger partial charge in [0, 0.05) is 37.8 Å². The van der Waals surface area contributed by atoms with E-state index in [1.807, 2.05) is 0 Å². The van der Waals surface area contributed by atoms with E-state index in [0.717, 1.165) is 58.4 Å². The lowest BCUT2D eigenvalue weighted by Gasteiger charge is -2.38. The molecule has 2 saturated heterocycles. The molecule has 0 radical (unpaired) electrons. The van der Waals surface area contributed by atoms with E-state index in [-0.39, 0.29) is 0 Å². The molecule has 17 heavy (non-hydrogen) atoms. The van der Waals surface area contributed by atoms with Crippen LogP contribution in [0.4, 0.5) is 0 Å². The predicted molar refractivity (Wildman–Crippen MR) is 64.7 cm³/mol. The molecule has 4 nitrogen and oxygen atoms in total. The largest absolute Gasteiger partial charge is 0.381 e. The minimum absolute atomic E-state index is 0.346. The van der Waals surface area contributed by atoms with Gasteiger partial charge in [-0.05, 0) is 38.6 Å². The second-order valence-electron chi connectivity index (χ2n) is 5.51. The van der Waals surface area contributed by atoms with Crippen LogP contribution in [0.1, 0.15) is 32.1 Å². The molecular weight excluding hydrogens is 216 g/mol. The van der Waals surface area contributed by atoms with Gasteiger partial charge in [0.05, 0.1) is 0 Å². The zero-order valence-electron chi connectivity index (χ0n) is 10.4. The first-order valence-corrected chi connectivity index (χ1v) is 6.97. The summed E-state index contributed by atoms with van der Waals surface area (Å²) < 4.78 is 5.41. The molecule has 1 saturated carbocycles. The van der Waals surface area contributed by atoms with Gasteiger partial charge in [-0.15, -0.1) is 0 Å². The van der Waals surface area contributed by atoms with Gasteiger partial charge in [0.15, 0.2) is 0 Å². The molecule has 0 aromatic carbocycles. The molecule has 1 atom stereocenters. The highest BCUT2D eigenvalue weighted by Crippen LogP contribution is 2.34. The third-order valence-corrected chi connectivity index (χ3v) is 4.19. The van der Waals surface area contributed by atoms with Crippen molar-refractivity contribution in [2.75, 3.05) is 26.3 Å². The van der Waals surface area contributed by atoms with Gasteiger partial charge in [-0.25, -0.2) is 0 Å². The number of amides is 1. The second kappa shape index (κ2) is 4.94. The summed E-state index contributed by atoms with van der Waals surface area (Å²) in [5.41, 5.74) is 0. The normalized spacial score (nSPS) is 30.5. The first-order chi connectivity index (χ1) is 8.36. The molecular formula is C13H22N2O2. The number of carbonyl (C=O) groups excluding carboxylic acids is 1. The number of carbonyl (C=O) groups is 1. The van der Waals surface area contributed by atoms with Gasteiger partial charge >= 0.3 is 0 Å². The first-order valence-electron chi connectivity index (χ1n) is 6.97. The summed E-state index contributed by atoms with van der Waals surface area (Å²) in [6.07, 6.45) is 5.39. The molecule has 0 bridgehead atoms.